The molecular weight excluding hydrogens is 230 g/mol. The molecule has 0 unspecified atom stereocenters. The van der Waals surface area contributed by atoms with Crippen molar-refractivity contribution in [3.63, 3.8) is 0 Å². The summed E-state index contributed by atoms with van der Waals surface area (Å²) in [6.07, 6.45) is 2.86. The van der Waals surface area contributed by atoms with Crippen LogP contribution in [0.2, 0.25) is 0 Å². The van der Waals surface area contributed by atoms with Gasteiger partial charge < -0.3 is 11.1 Å². The van der Waals surface area contributed by atoms with Crippen LogP contribution >= 0.6 is 11.3 Å². The van der Waals surface area contributed by atoms with Crippen LogP contribution in [0.25, 0.3) is 0 Å². The molecule has 0 bridgehead atoms. The summed E-state index contributed by atoms with van der Waals surface area (Å²) >= 11 is 1.69. The Morgan fingerprint density at radius 2 is 2.24 bits per heavy atom. The van der Waals surface area contributed by atoms with Crippen LogP contribution in [0.5, 0.6) is 0 Å². The first kappa shape index (κ1) is 12.1. The Balaban J connectivity index is 1.92. The van der Waals surface area contributed by atoms with Gasteiger partial charge in [-0.15, -0.1) is 11.3 Å². The Morgan fingerprint density at radius 1 is 1.35 bits per heavy atom. The van der Waals surface area contributed by atoms with Gasteiger partial charge >= 0.3 is 0 Å². The van der Waals surface area contributed by atoms with Crippen molar-refractivity contribution in [1.82, 2.24) is 10.3 Å². The minimum atomic E-state index is 0.793. The number of nitrogens with two attached hydrogens (primary N) is 1. The van der Waals surface area contributed by atoms with Gasteiger partial charge in [0, 0.05) is 29.9 Å². The molecule has 0 atom stereocenters. The molecule has 4 heteroatoms. The fourth-order valence-corrected chi connectivity index (χ4v) is 2.51. The molecule has 0 saturated carbocycles. The van der Waals surface area contributed by atoms with Crippen LogP contribution in [0.3, 0.4) is 0 Å². The van der Waals surface area contributed by atoms with Crippen molar-refractivity contribution in [2.45, 2.75) is 26.4 Å². The molecule has 2 aromatic heterocycles. The molecule has 3 nitrogen and oxygen atoms in total. The second-order valence-electron chi connectivity index (χ2n) is 3.87. The van der Waals surface area contributed by atoms with Gasteiger partial charge in [-0.3, -0.25) is 4.98 Å². The third kappa shape index (κ3) is 3.05. The average molecular weight is 247 g/mol. The second-order valence-corrected chi connectivity index (χ2v) is 4.87. The van der Waals surface area contributed by atoms with E-state index in [0.717, 1.165) is 30.9 Å². The monoisotopic (exact) mass is 247 g/mol. The van der Waals surface area contributed by atoms with E-state index >= 15 is 0 Å². The number of hydrogen-bond donors (Lipinski definition) is 2. The van der Waals surface area contributed by atoms with Gasteiger partial charge in [-0.1, -0.05) is 13.0 Å². The number of aryl methyl sites for hydroxylation is 1. The van der Waals surface area contributed by atoms with E-state index < -0.39 is 0 Å². The zero-order valence-electron chi connectivity index (χ0n) is 9.94. The zero-order chi connectivity index (χ0) is 12.1. The normalized spacial score (nSPS) is 10.6. The first-order valence-corrected chi connectivity index (χ1v) is 6.64. The number of hydrogen-bond acceptors (Lipinski definition) is 4. The van der Waals surface area contributed by atoms with Crippen LogP contribution in [0.1, 0.15) is 23.1 Å². The Morgan fingerprint density at radius 3 is 2.94 bits per heavy atom. The van der Waals surface area contributed by atoms with Crippen molar-refractivity contribution in [2.24, 2.45) is 0 Å². The van der Waals surface area contributed by atoms with E-state index in [1.807, 2.05) is 23.7 Å². The number of pyridine rings is 1. The van der Waals surface area contributed by atoms with E-state index in [2.05, 4.69) is 23.3 Å². The first-order chi connectivity index (χ1) is 8.31. The fourth-order valence-electron chi connectivity index (χ4n) is 1.74. The maximum absolute atomic E-state index is 5.83. The average Bonchev–Trinajstić information content (AvgIpc) is 2.76. The number of anilines is 1. The van der Waals surface area contributed by atoms with Gasteiger partial charge in [0.25, 0.3) is 0 Å². The van der Waals surface area contributed by atoms with Crippen molar-refractivity contribution < 1.29 is 0 Å². The number of rotatable bonds is 5. The predicted molar refractivity (Wildman–Crippen MR) is 72.9 cm³/mol. The molecule has 0 aliphatic rings. The number of thiophene rings is 1. The number of nitrogen functional groups attached to an aromatic ring is 1. The van der Waals surface area contributed by atoms with Gasteiger partial charge in [-0.25, -0.2) is 0 Å². The molecule has 0 spiro atoms. The standard InChI is InChI=1S/C13H17N3S/c1-2-10-4-3-6-16-12(10)8-15-9-13-11(14)5-7-17-13/h3-7,15H,2,8-9,14H2,1H3. The molecule has 2 aromatic rings. The molecule has 0 fully saturated rings. The van der Waals surface area contributed by atoms with Crippen LogP contribution < -0.4 is 11.1 Å². The SMILES string of the molecule is CCc1cccnc1CNCc1sccc1N. The van der Waals surface area contributed by atoms with Crippen LogP contribution in [0, 0.1) is 0 Å². The molecule has 2 rings (SSSR count). The fraction of sp³-hybridized carbons (Fsp3) is 0.308. The molecular formula is C13H17N3S. The molecule has 0 aliphatic heterocycles. The molecule has 0 aliphatic carbocycles. The predicted octanol–water partition coefficient (Wildman–Crippen LogP) is 2.58. The van der Waals surface area contributed by atoms with Crippen molar-refractivity contribution in [2.75, 3.05) is 5.73 Å². The highest BCUT2D eigenvalue weighted by molar-refractivity contribution is 7.10. The van der Waals surface area contributed by atoms with Gasteiger partial charge in [0.05, 0.1) is 5.69 Å². The van der Waals surface area contributed by atoms with E-state index in [4.69, 9.17) is 5.73 Å². The summed E-state index contributed by atoms with van der Waals surface area (Å²) < 4.78 is 0. The van der Waals surface area contributed by atoms with E-state index in [0.29, 0.717) is 0 Å². The van der Waals surface area contributed by atoms with E-state index in [9.17, 15) is 0 Å². The Kier molecular flexibility index (Phi) is 4.12. The van der Waals surface area contributed by atoms with Gasteiger partial charge in [0.1, 0.15) is 0 Å². The maximum atomic E-state index is 5.83. The van der Waals surface area contributed by atoms with Crippen LogP contribution in [0.15, 0.2) is 29.8 Å². The van der Waals surface area contributed by atoms with E-state index in [1.165, 1.54) is 10.4 Å². The molecule has 2 heterocycles. The van der Waals surface area contributed by atoms with Gasteiger partial charge in [-0.2, -0.15) is 0 Å². The maximum Gasteiger partial charge on any atom is 0.0573 e. The quantitative estimate of drug-likeness (QED) is 0.854. The number of nitrogens with one attached hydrogen (secondary N) is 1. The molecule has 0 radical (unpaired) electrons. The summed E-state index contributed by atoms with van der Waals surface area (Å²) in [5, 5.41) is 5.41. The molecule has 90 valence electrons. The summed E-state index contributed by atoms with van der Waals surface area (Å²) in [6, 6.07) is 6.06. The van der Waals surface area contributed by atoms with Crippen molar-refractivity contribution in [3.8, 4) is 0 Å². The Hall–Kier alpha value is -1.39. The minimum absolute atomic E-state index is 0.793. The Bertz CT molecular complexity index is 479. The minimum Gasteiger partial charge on any atom is -0.398 e. The van der Waals surface area contributed by atoms with Gasteiger partial charge in [0.2, 0.25) is 0 Å². The van der Waals surface area contributed by atoms with Crippen molar-refractivity contribution >= 4 is 17.0 Å². The third-order valence-electron chi connectivity index (χ3n) is 2.72. The lowest BCUT2D eigenvalue weighted by atomic mass is 10.1. The summed E-state index contributed by atoms with van der Waals surface area (Å²) in [5.74, 6) is 0. The van der Waals surface area contributed by atoms with Crippen molar-refractivity contribution in [1.29, 1.82) is 0 Å². The molecule has 17 heavy (non-hydrogen) atoms. The lowest BCUT2D eigenvalue weighted by molar-refractivity contribution is 0.681. The topological polar surface area (TPSA) is 50.9 Å². The first-order valence-electron chi connectivity index (χ1n) is 5.76. The molecule has 3 N–H and O–H groups in total. The van der Waals surface area contributed by atoms with Gasteiger partial charge in [-0.05, 0) is 29.5 Å². The van der Waals surface area contributed by atoms with Gasteiger partial charge in [0.15, 0.2) is 0 Å². The van der Waals surface area contributed by atoms with E-state index in [1.54, 1.807) is 11.3 Å². The smallest absolute Gasteiger partial charge is 0.0573 e. The Labute approximate surface area is 106 Å². The van der Waals surface area contributed by atoms with E-state index in [-0.39, 0.29) is 0 Å². The third-order valence-corrected chi connectivity index (χ3v) is 3.66. The summed E-state index contributed by atoms with van der Waals surface area (Å²) in [5.41, 5.74) is 9.14. The second kappa shape index (κ2) is 5.80. The highest BCUT2D eigenvalue weighted by atomic mass is 32.1. The van der Waals surface area contributed by atoms with Crippen molar-refractivity contribution in [3.05, 3.63) is 45.9 Å². The number of nitrogens with zero attached hydrogens (tertiary/aromatic N) is 1. The van der Waals surface area contributed by atoms with Crippen LogP contribution in [-0.4, -0.2) is 4.98 Å². The highest BCUT2D eigenvalue weighted by Gasteiger charge is 2.03. The highest BCUT2D eigenvalue weighted by Crippen LogP contribution is 2.18. The van der Waals surface area contributed by atoms with Crippen LogP contribution in [-0.2, 0) is 19.5 Å². The summed E-state index contributed by atoms with van der Waals surface area (Å²) in [4.78, 5) is 5.59. The van der Waals surface area contributed by atoms with Crippen LogP contribution in [0.4, 0.5) is 5.69 Å². The molecule has 0 aromatic carbocycles. The molecule has 0 saturated heterocycles. The summed E-state index contributed by atoms with van der Waals surface area (Å²) in [7, 11) is 0. The summed E-state index contributed by atoms with van der Waals surface area (Å²) in [6.45, 7) is 3.75. The number of aromatic nitrogens is 1. The lowest BCUT2D eigenvalue weighted by Crippen LogP contribution is -2.15. The zero-order valence-corrected chi connectivity index (χ0v) is 10.8. The molecule has 0 amide bonds. The lowest BCUT2D eigenvalue weighted by Gasteiger charge is -2.07. The largest absolute Gasteiger partial charge is 0.398 e.